The molecular weight excluding hydrogens is 428 g/mol. The number of carbonyl (C=O) groups is 4. The van der Waals surface area contributed by atoms with Gasteiger partial charge in [-0.1, -0.05) is 18.2 Å². The average Bonchev–Trinajstić information content (AvgIpc) is 3.41. The Bertz CT molecular complexity index is 1140. The molecule has 0 spiro atoms. The zero-order chi connectivity index (χ0) is 23.7. The number of H-pyrrole nitrogens is 1. The van der Waals surface area contributed by atoms with Gasteiger partial charge in [-0.25, -0.2) is 0 Å². The van der Waals surface area contributed by atoms with E-state index in [2.05, 4.69) is 10.3 Å². The van der Waals surface area contributed by atoms with Crippen LogP contribution in [0.2, 0.25) is 0 Å². The molecule has 2 aromatic rings. The van der Waals surface area contributed by atoms with E-state index in [1.807, 2.05) is 6.08 Å². The molecule has 6 N–H and O–H groups in total. The number of amides is 2. The van der Waals surface area contributed by atoms with Crippen molar-refractivity contribution in [1.29, 1.82) is 0 Å². The maximum Gasteiger partial charge on any atom is 0.325 e. The number of carboxylic acid groups (broad SMARTS) is 2. The molecule has 2 aliphatic rings. The lowest BCUT2D eigenvalue weighted by atomic mass is 9.82. The monoisotopic (exact) mass is 454 g/mol. The Morgan fingerprint density at radius 1 is 1.12 bits per heavy atom. The average molecular weight is 454 g/mol. The topological polar surface area (TPSA) is 166 Å². The first-order chi connectivity index (χ1) is 15.8. The Kier molecular flexibility index (Phi) is 6.19. The van der Waals surface area contributed by atoms with Crippen molar-refractivity contribution < 1.29 is 29.4 Å². The number of nitrogens with one attached hydrogen (secondary N) is 2. The Labute approximate surface area is 189 Å². The van der Waals surface area contributed by atoms with Crippen LogP contribution >= 0.6 is 0 Å². The minimum absolute atomic E-state index is 0.311. The number of allylic oxidation sites excluding steroid dienone is 2. The van der Waals surface area contributed by atoms with Crippen molar-refractivity contribution in [3.8, 4) is 0 Å². The van der Waals surface area contributed by atoms with Crippen molar-refractivity contribution in [3.63, 3.8) is 0 Å². The maximum absolute atomic E-state index is 12.7. The van der Waals surface area contributed by atoms with E-state index in [0.717, 1.165) is 0 Å². The Morgan fingerprint density at radius 2 is 1.85 bits per heavy atom. The van der Waals surface area contributed by atoms with Crippen LogP contribution in [0.3, 0.4) is 0 Å². The number of nitrogens with zero attached hydrogens (tertiary/aromatic N) is 1. The van der Waals surface area contributed by atoms with Gasteiger partial charge in [-0.3, -0.25) is 24.1 Å². The van der Waals surface area contributed by atoms with E-state index in [1.165, 1.54) is 0 Å². The molecule has 4 rings (SSSR count). The van der Waals surface area contributed by atoms with E-state index >= 15 is 0 Å². The fourth-order valence-electron chi connectivity index (χ4n) is 4.92. The number of hydrogen-bond donors (Lipinski definition) is 5. The molecular formula is C23H26N4O6. The van der Waals surface area contributed by atoms with E-state index in [1.54, 1.807) is 35.4 Å². The molecule has 1 aromatic carbocycles. The number of fused-ring (bicyclic) bond motifs is 1. The third-order valence-corrected chi connectivity index (χ3v) is 6.55. The SMILES string of the molecule is NC(=O)[C@@H]1CCCN1[C@H](C(=O)O)c1c[nH]c2cc(NC(=O)[C@H]3CC=CC[C@@H]3C(=O)O)ccc12. The number of aromatic amines is 1. The molecule has 10 nitrogen and oxygen atoms in total. The molecule has 33 heavy (non-hydrogen) atoms. The second kappa shape index (κ2) is 9.07. The van der Waals surface area contributed by atoms with Crippen molar-refractivity contribution in [1.82, 2.24) is 9.88 Å². The maximum atomic E-state index is 12.7. The highest BCUT2D eigenvalue weighted by molar-refractivity contribution is 5.98. The van der Waals surface area contributed by atoms with Crippen molar-refractivity contribution >= 4 is 40.3 Å². The molecule has 4 atom stereocenters. The lowest BCUT2D eigenvalue weighted by molar-refractivity contribution is -0.146. The van der Waals surface area contributed by atoms with Crippen LogP contribution in [0, 0.1) is 11.8 Å². The first-order valence-electron chi connectivity index (χ1n) is 10.9. The Morgan fingerprint density at radius 3 is 2.52 bits per heavy atom. The van der Waals surface area contributed by atoms with Crippen LogP contribution in [0.25, 0.3) is 10.9 Å². The number of carboxylic acids is 2. The summed E-state index contributed by atoms with van der Waals surface area (Å²) in [6, 6.07) is 3.36. The number of primary amides is 1. The van der Waals surface area contributed by atoms with Crippen LogP contribution in [0.5, 0.6) is 0 Å². The highest BCUT2D eigenvalue weighted by Gasteiger charge is 2.39. The van der Waals surface area contributed by atoms with Crippen molar-refractivity contribution in [2.45, 2.75) is 37.8 Å². The van der Waals surface area contributed by atoms with Gasteiger partial charge < -0.3 is 26.2 Å². The number of benzene rings is 1. The van der Waals surface area contributed by atoms with Crippen LogP contribution in [-0.4, -0.2) is 56.4 Å². The summed E-state index contributed by atoms with van der Waals surface area (Å²) in [7, 11) is 0. The minimum Gasteiger partial charge on any atom is -0.481 e. The summed E-state index contributed by atoms with van der Waals surface area (Å²) in [6.45, 7) is 0.450. The standard InChI is InChI=1S/C23H26N4O6/c24-20(28)18-6-3-9-27(18)19(23(32)33)16-11-25-17-10-12(7-8-13(16)17)26-21(29)14-4-1-2-5-15(14)22(30)31/h1-2,7-8,10-11,14-15,18-19,25H,3-6,9H2,(H2,24,28)(H,26,29)(H,30,31)(H,32,33)/t14-,15-,18-,19-/m0/s1. The van der Waals surface area contributed by atoms with Crippen LogP contribution in [0.4, 0.5) is 5.69 Å². The third-order valence-electron chi connectivity index (χ3n) is 6.55. The number of carbonyl (C=O) groups excluding carboxylic acids is 2. The number of aliphatic carboxylic acids is 2. The second-order valence-corrected chi connectivity index (χ2v) is 8.53. The van der Waals surface area contributed by atoms with Gasteiger partial charge in [-0.2, -0.15) is 0 Å². The van der Waals surface area contributed by atoms with Gasteiger partial charge in [0, 0.05) is 34.9 Å². The first kappa shape index (κ1) is 22.5. The molecule has 1 saturated heterocycles. The number of hydrogen-bond acceptors (Lipinski definition) is 5. The molecule has 1 aromatic heterocycles. The minimum atomic E-state index is -1.08. The van der Waals surface area contributed by atoms with Crippen LogP contribution in [0.1, 0.15) is 37.3 Å². The molecule has 0 unspecified atom stereocenters. The Balaban J connectivity index is 1.58. The van der Waals surface area contributed by atoms with Crippen molar-refractivity contribution in [3.05, 3.63) is 42.1 Å². The molecule has 0 bridgehead atoms. The molecule has 174 valence electrons. The van der Waals surface area contributed by atoms with E-state index < -0.39 is 41.8 Å². The highest BCUT2D eigenvalue weighted by Crippen LogP contribution is 2.35. The fourth-order valence-corrected chi connectivity index (χ4v) is 4.92. The van der Waals surface area contributed by atoms with Gasteiger partial charge in [-0.15, -0.1) is 0 Å². The van der Waals surface area contributed by atoms with E-state index in [0.29, 0.717) is 54.4 Å². The number of anilines is 1. The first-order valence-corrected chi connectivity index (χ1v) is 10.9. The number of aromatic nitrogens is 1. The predicted octanol–water partition coefficient (Wildman–Crippen LogP) is 1.85. The largest absolute Gasteiger partial charge is 0.481 e. The summed E-state index contributed by atoms with van der Waals surface area (Å²) < 4.78 is 0. The van der Waals surface area contributed by atoms with Gasteiger partial charge in [0.2, 0.25) is 11.8 Å². The molecule has 0 saturated carbocycles. The van der Waals surface area contributed by atoms with Gasteiger partial charge in [-0.05, 0) is 37.8 Å². The van der Waals surface area contributed by atoms with Gasteiger partial charge in [0.1, 0.15) is 6.04 Å². The van der Waals surface area contributed by atoms with E-state index in [9.17, 15) is 29.4 Å². The molecule has 1 fully saturated rings. The summed E-state index contributed by atoms with van der Waals surface area (Å²) in [6.07, 6.45) is 7.05. The summed E-state index contributed by atoms with van der Waals surface area (Å²) in [5, 5.41) is 22.8. The molecule has 1 aliphatic carbocycles. The van der Waals surface area contributed by atoms with Gasteiger partial charge in [0.15, 0.2) is 0 Å². The normalized spacial score (nSPS) is 23.9. The molecule has 1 aliphatic heterocycles. The zero-order valence-electron chi connectivity index (χ0n) is 17.9. The highest BCUT2D eigenvalue weighted by atomic mass is 16.4. The predicted molar refractivity (Wildman–Crippen MR) is 119 cm³/mol. The number of rotatable bonds is 7. The quantitative estimate of drug-likeness (QED) is 0.398. The lowest BCUT2D eigenvalue weighted by Gasteiger charge is -2.28. The van der Waals surface area contributed by atoms with Crippen molar-refractivity contribution in [2.75, 3.05) is 11.9 Å². The summed E-state index contributed by atoms with van der Waals surface area (Å²) in [5.41, 5.74) is 7.08. The zero-order valence-corrected chi connectivity index (χ0v) is 17.9. The molecule has 2 amide bonds. The second-order valence-electron chi connectivity index (χ2n) is 8.53. The Hall–Kier alpha value is -3.66. The van der Waals surface area contributed by atoms with Crippen molar-refractivity contribution in [2.24, 2.45) is 17.6 Å². The summed E-state index contributed by atoms with van der Waals surface area (Å²) >= 11 is 0. The van der Waals surface area contributed by atoms with Gasteiger partial charge in [0.05, 0.1) is 17.9 Å². The summed E-state index contributed by atoms with van der Waals surface area (Å²) in [4.78, 5) is 52.9. The van der Waals surface area contributed by atoms with Gasteiger partial charge in [0.25, 0.3) is 0 Å². The molecule has 0 radical (unpaired) electrons. The lowest BCUT2D eigenvalue weighted by Crippen LogP contribution is -2.44. The molecule has 10 heteroatoms. The van der Waals surface area contributed by atoms with E-state index in [4.69, 9.17) is 5.73 Å². The summed E-state index contributed by atoms with van der Waals surface area (Å²) in [5.74, 6) is -4.43. The van der Waals surface area contributed by atoms with E-state index in [-0.39, 0.29) is 5.91 Å². The number of nitrogens with two attached hydrogens (primary N) is 1. The van der Waals surface area contributed by atoms with Crippen LogP contribution in [-0.2, 0) is 19.2 Å². The van der Waals surface area contributed by atoms with Crippen LogP contribution in [0.15, 0.2) is 36.5 Å². The smallest absolute Gasteiger partial charge is 0.325 e. The molecule has 2 heterocycles. The van der Waals surface area contributed by atoms with Gasteiger partial charge >= 0.3 is 11.9 Å². The van der Waals surface area contributed by atoms with Crippen LogP contribution < -0.4 is 11.1 Å². The third kappa shape index (κ3) is 4.34. The fraction of sp³-hybridized carbons (Fsp3) is 0.391. The number of likely N-dealkylation sites (tertiary alicyclic amines) is 1.